The zero-order valence-electron chi connectivity index (χ0n) is 12.5. The van der Waals surface area contributed by atoms with Crippen LogP contribution in [0.2, 0.25) is 0 Å². The van der Waals surface area contributed by atoms with Gasteiger partial charge in [0.1, 0.15) is 6.04 Å². The summed E-state index contributed by atoms with van der Waals surface area (Å²) < 4.78 is 2.01. The van der Waals surface area contributed by atoms with Gasteiger partial charge in [-0.2, -0.15) is 4.99 Å². The summed E-state index contributed by atoms with van der Waals surface area (Å²) in [6.07, 6.45) is 3.77. The van der Waals surface area contributed by atoms with E-state index in [2.05, 4.69) is 34.9 Å². The number of carbonyl (C=O) groups excluding carboxylic acids is 1. The van der Waals surface area contributed by atoms with E-state index in [0.29, 0.717) is 6.04 Å². The summed E-state index contributed by atoms with van der Waals surface area (Å²) >= 11 is 1.49. The molecule has 1 aliphatic rings. The van der Waals surface area contributed by atoms with Gasteiger partial charge in [-0.3, -0.25) is 10.2 Å². The number of nitrogens with zero attached hydrogens (tertiary/aromatic N) is 2. The predicted octanol–water partition coefficient (Wildman–Crippen LogP) is 1.67. The van der Waals surface area contributed by atoms with Crippen molar-refractivity contribution in [1.82, 2.24) is 15.4 Å². The molecule has 2 atom stereocenters. The van der Waals surface area contributed by atoms with Crippen LogP contribution in [-0.2, 0) is 11.3 Å². The standard InChI is InChI=1S/C16H20N4OS/c1-2-13-10-14(19-18-13)15(21)17-16-20(8-9-22-16)11-12-6-4-3-5-7-12/h3-9,13-14,18-19H,2,10-11H2,1H3. The maximum atomic E-state index is 12.3. The maximum Gasteiger partial charge on any atom is 0.266 e. The molecular formula is C16H20N4OS. The van der Waals surface area contributed by atoms with Crippen molar-refractivity contribution < 1.29 is 4.79 Å². The third kappa shape index (κ3) is 3.52. The average Bonchev–Trinajstić information content (AvgIpc) is 3.18. The van der Waals surface area contributed by atoms with Crippen LogP contribution in [0.5, 0.6) is 0 Å². The molecule has 1 aliphatic heterocycles. The average molecular weight is 316 g/mol. The SMILES string of the molecule is CCC1CC(C(=O)N=c2sccn2Cc2ccccc2)NN1. The summed E-state index contributed by atoms with van der Waals surface area (Å²) in [6.45, 7) is 2.83. The van der Waals surface area contributed by atoms with E-state index >= 15 is 0 Å². The lowest BCUT2D eigenvalue weighted by Crippen LogP contribution is -2.37. The fourth-order valence-electron chi connectivity index (χ4n) is 2.51. The molecule has 6 heteroatoms. The van der Waals surface area contributed by atoms with Crippen LogP contribution >= 0.6 is 11.3 Å². The summed E-state index contributed by atoms with van der Waals surface area (Å²) in [7, 11) is 0. The number of hydrogen-bond acceptors (Lipinski definition) is 4. The molecule has 1 aromatic carbocycles. The smallest absolute Gasteiger partial charge is 0.266 e. The molecule has 1 amide bonds. The molecule has 1 fully saturated rings. The van der Waals surface area contributed by atoms with E-state index in [4.69, 9.17) is 0 Å². The highest BCUT2D eigenvalue weighted by Crippen LogP contribution is 2.09. The van der Waals surface area contributed by atoms with Gasteiger partial charge in [0.25, 0.3) is 5.91 Å². The Kier molecular flexibility index (Phi) is 4.82. The lowest BCUT2D eigenvalue weighted by Gasteiger charge is -2.05. The third-order valence-electron chi connectivity index (χ3n) is 3.83. The van der Waals surface area contributed by atoms with Gasteiger partial charge in [-0.15, -0.1) is 11.3 Å². The second kappa shape index (κ2) is 7.00. The molecule has 2 aromatic rings. The molecule has 1 aromatic heterocycles. The van der Waals surface area contributed by atoms with E-state index in [1.165, 1.54) is 16.9 Å². The van der Waals surface area contributed by atoms with Gasteiger partial charge in [0, 0.05) is 24.2 Å². The van der Waals surface area contributed by atoms with Crippen LogP contribution in [-0.4, -0.2) is 22.6 Å². The van der Waals surface area contributed by atoms with Gasteiger partial charge in [-0.05, 0) is 18.4 Å². The van der Waals surface area contributed by atoms with E-state index in [-0.39, 0.29) is 11.9 Å². The Morgan fingerprint density at radius 2 is 2.18 bits per heavy atom. The van der Waals surface area contributed by atoms with Gasteiger partial charge >= 0.3 is 0 Å². The highest BCUT2D eigenvalue weighted by atomic mass is 32.1. The summed E-state index contributed by atoms with van der Waals surface area (Å²) in [5.74, 6) is -0.104. The van der Waals surface area contributed by atoms with Gasteiger partial charge < -0.3 is 4.57 Å². The van der Waals surface area contributed by atoms with Crippen molar-refractivity contribution in [3.8, 4) is 0 Å². The molecule has 1 saturated heterocycles. The van der Waals surface area contributed by atoms with E-state index in [1.807, 2.05) is 34.3 Å². The fourth-order valence-corrected chi connectivity index (χ4v) is 3.24. The molecule has 2 unspecified atom stereocenters. The Labute approximate surface area is 133 Å². The zero-order valence-corrected chi connectivity index (χ0v) is 13.3. The topological polar surface area (TPSA) is 58.4 Å². The highest BCUT2D eigenvalue weighted by molar-refractivity contribution is 7.07. The largest absolute Gasteiger partial charge is 0.319 e. The number of amides is 1. The Balaban J connectivity index is 1.75. The first-order valence-corrected chi connectivity index (χ1v) is 8.41. The van der Waals surface area contributed by atoms with Crippen molar-refractivity contribution in [3.63, 3.8) is 0 Å². The molecule has 22 heavy (non-hydrogen) atoms. The Morgan fingerprint density at radius 3 is 2.91 bits per heavy atom. The number of nitrogens with one attached hydrogen (secondary N) is 2. The van der Waals surface area contributed by atoms with E-state index in [9.17, 15) is 4.79 Å². The van der Waals surface area contributed by atoms with Gasteiger partial charge in [-0.25, -0.2) is 5.43 Å². The molecule has 2 N–H and O–H groups in total. The zero-order chi connectivity index (χ0) is 15.4. The quantitative estimate of drug-likeness (QED) is 0.902. The molecule has 5 nitrogen and oxygen atoms in total. The second-order valence-electron chi connectivity index (χ2n) is 5.43. The van der Waals surface area contributed by atoms with Gasteiger partial charge in [0.2, 0.25) is 0 Å². The fraction of sp³-hybridized carbons (Fsp3) is 0.375. The minimum atomic E-state index is -0.225. The van der Waals surface area contributed by atoms with Crippen LogP contribution in [0.1, 0.15) is 25.3 Å². The predicted molar refractivity (Wildman–Crippen MR) is 87.2 cm³/mol. The number of rotatable bonds is 4. The first-order valence-electron chi connectivity index (χ1n) is 7.53. The summed E-state index contributed by atoms with van der Waals surface area (Å²) in [4.78, 5) is 17.4. The van der Waals surface area contributed by atoms with E-state index < -0.39 is 0 Å². The van der Waals surface area contributed by atoms with E-state index in [0.717, 1.165) is 24.2 Å². The van der Waals surface area contributed by atoms with Crippen molar-refractivity contribution in [3.05, 3.63) is 52.3 Å². The molecule has 0 radical (unpaired) electrons. The van der Waals surface area contributed by atoms with Crippen molar-refractivity contribution in [2.75, 3.05) is 0 Å². The van der Waals surface area contributed by atoms with Gasteiger partial charge in [-0.1, -0.05) is 37.3 Å². The maximum absolute atomic E-state index is 12.3. The highest BCUT2D eigenvalue weighted by Gasteiger charge is 2.27. The number of hydrazine groups is 1. The molecule has 116 valence electrons. The Morgan fingerprint density at radius 1 is 1.36 bits per heavy atom. The van der Waals surface area contributed by atoms with Crippen molar-refractivity contribution >= 4 is 17.2 Å². The van der Waals surface area contributed by atoms with Crippen LogP contribution in [0.15, 0.2) is 46.9 Å². The van der Waals surface area contributed by atoms with Crippen molar-refractivity contribution in [2.45, 2.75) is 38.4 Å². The molecule has 0 saturated carbocycles. The normalized spacial score (nSPS) is 22.1. The number of aromatic nitrogens is 1. The number of thiazole rings is 1. The monoisotopic (exact) mass is 316 g/mol. The number of hydrogen-bond donors (Lipinski definition) is 2. The molecular weight excluding hydrogens is 296 g/mol. The summed E-state index contributed by atoms with van der Waals surface area (Å²) in [5.41, 5.74) is 7.37. The minimum absolute atomic E-state index is 0.104. The summed E-state index contributed by atoms with van der Waals surface area (Å²) in [5, 5.41) is 1.96. The van der Waals surface area contributed by atoms with Gasteiger partial charge in [0.05, 0.1) is 0 Å². The molecule has 0 aliphatic carbocycles. The van der Waals surface area contributed by atoms with Crippen LogP contribution < -0.4 is 15.7 Å². The first kappa shape index (κ1) is 15.1. The lowest BCUT2D eigenvalue weighted by molar-refractivity contribution is -0.119. The van der Waals surface area contributed by atoms with E-state index in [1.54, 1.807) is 0 Å². The van der Waals surface area contributed by atoms with Crippen LogP contribution in [0.25, 0.3) is 0 Å². The number of benzene rings is 1. The molecule has 3 rings (SSSR count). The van der Waals surface area contributed by atoms with Crippen LogP contribution in [0.3, 0.4) is 0 Å². The third-order valence-corrected chi connectivity index (χ3v) is 4.63. The minimum Gasteiger partial charge on any atom is -0.319 e. The van der Waals surface area contributed by atoms with Crippen molar-refractivity contribution in [1.29, 1.82) is 0 Å². The Hall–Kier alpha value is -1.76. The van der Waals surface area contributed by atoms with Gasteiger partial charge in [0.15, 0.2) is 4.80 Å². The molecule has 0 spiro atoms. The molecule has 0 bridgehead atoms. The number of carbonyl (C=O) groups is 1. The summed E-state index contributed by atoms with van der Waals surface area (Å²) in [6, 6.07) is 10.3. The lowest BCUT2D eigenvalue weighted by atomic mass is 10.1. The first-order chi connectivity index (χ1) is 10.8. The Bertz CT molecular complexity index is 691. The van der Waals surface area contributed by atoms with Crippen LogP contribution in [0, 0.1) is 0 Å². The molecule has 2 heterocycles. The van der Waals surface area contributed by atoms with Crippen LogP contribution in [0.4, 0.5) is 0 Å². The van der Waals surface area contributed by atoms with Crippen molar-refractivity contribution in [2.24, 2.45) is 4.99 Å². The second-order valence-corrected chi connectivity index (χ2v) is 6.30.